The first-order chi connectivity index (χ1) is 63.9. The normalized spacial score (nSPS) is 14.2. The van der Waals surface area contributed by atoms with E-state index in [4.69, 9.17) is 10.00 Å². The van der Waals surface area contributed by atoms with Crippen molar-refractivity contribution in [3.05, 3.63) is 198 Å². The number of nitrogens with one attached hydrogen (secondary N) is 9. The highest BCUT2D eigenvalue weighted by molar-refractivity contribution is 6.08. The predicted molar refractivity (Wildman–Crippen MR) is 559 cm³/mol. The van der Waals surface area contributed by atoms with Crippen LogP contribution in [0.3, 0.4) is 0 Å². The lowest BCUT2D eigenvalue weighted by atomic mass is 10.1. The summed E-state index contributed by atoms with van der Waals surface area (Å²) in [6, 6.07) is 14.5. The monoisotopic (exact) mass is 1930 g/mol. The van der Waals surface area contributed by atoms with E-state index in [2.05, 4.69) is 246 Å². The van der Waals surface area contributed by atoms with Crippen LogP contribution in [0.1, 0.15) is 260 Å². The fourth-order valence-electron chi connectivity index (χ4n) is 12.4. The number of ether oxygens (including phenoxy) is 1. The van der Waals surface area contributed by atoms with Crippen LogP contribution < -0.4 is 58.5 Å². The number of hydrogen-bond donors (Lipinski definition) is 9. The van der Waals surface area contributed by atoms with Crippen molar-refractivity contribution < 1.29 is 38.3 Å². The van der Waals surface area contributed by atoms with E-state index in [9.17, 15) is 43.2 Å². The van der Waals surface area contributed by atoms with Crippen LogP contribution in [0, 0.1) is 35.0 Å². The van der Waals surface area contributed by atoms with Crippen LogP contribution in [0.25, 0.3) is 33.5 Å². The molecule has 38 heteroatoms. The summed E-state index contributed by atoms with van der Waals surface area (Å²) < 4.78 is 12.8. The molecule has 0 fully saturated rings. The first-order valence-corrected chi connectivity index (χ1v) is 45.9. The van der Waals surface area contributed by atoms with Crippen LogP contribution in [-0.4, -0.2) is 171 Å². The second-order valence-corrected chi connectivity index (χ2v) is 42.2. The van der Waals surface area contributed by atoms with E-state index in [1.807, 2.05) is 140 Å². The third-order valence-electron chi connectivity index (χ3n) is 19.8. The number of rotatable bonds is 13. The molecule has 12 rings (SSSR count). The Morgan fingerprint density at radius 2 is 0.986 bits per heavy atom. The van der Waals surface area contributed by atoms with Gasteiger partial charge in [0.2, 0.25) is 41.4 Å². The summed E-state index contributed by atoms with van der Waals surface area (Å²) in [5.74, 6) is 4.18. The molecule has 7 amide bonds. The third-order valence-corrected chi connectivity index (χ3v) is 19.8. The number of hydrogen-bond acceptors (Lipinski definition) is 25. The van der Waals surface area contributed by atoms with Crippen molar-refractivity contribution in [2.45, 2.75) is 294 Å². The van der Waals surface area contributed by atoms with Gasteiger partial charge in [-0.15, -0.1) is 0 Å². The minimum Gasteiger partial charge on any atom is -0.475 e. The van der Waals surface area contributed by atoms with Gasteiger partial charge in [0.1, 0.15) is 52.9 Å². The molecule has 0 saturated heterocycles. The number of pyridine rings is 1. The summed E-state index contributed by atoms with van der Waals surface area (Å²) in [6.07, 6.45) is 21.4. The highest BCUT2D eigenvalue weighted by Gasteiger charge is 2.31. The number of carbonyl (C=O) groups is 7. The highest BCUT2D eigenvalue weighted by atomic mass is 16.5. The zero-order valence-electron chi connectivity index (χ0n) is 87.8. The van der Waals surface area contributed by atoms with E-state index in [0.29, 0.717) is 74.2 Å². The summed E-state index contributed by atoms with van der Waals surface area (Å²) in [5.41, 5.74) is 3.49. The lowest BCUT2D eigenvalue weighted by molar-refractivity contribution is -0.119. The molecular weight excluding hydrogens is 1780 g/mol. The number of H-pyrrole nitrogens is 1. The Morgan fingerprint density at radius 1 is 0.507 bits per heavy atom. The maximum absolute atomic E-state index is 12.3. The number of benzene rings is 1. The molecule has 4 aliphatic heterocycles. The SMILES string of the molecule is C.C=C1N=C(NC(C)=O)C=CN1C(C)(C)C.C=C1NC(=NCC(C)C)C=CN1C(C)(C)C.C=C1NC(=O)C(C)=CN1C(C)(C)C.C=C1NC(=O)C=CN1C(C)(C)C.CC(C)(C)n1cnc2c(NC(=O)c3ccccc3)ccnc21.CC(C)C(=O)Nc1ccn(C(C)(C)C)c(=O)n1.CC(C)C(=O)Nc1nc(OCCC#N)c2ncn(C(C)(C)C)c2n1.CC(C)C(=O)Nc1nc2c(ncn2C(C)(C)C)c(=O)[nH]1. The van der Waals surface area contributed by atoms with E-state index in [0.717, 1.165) is 23.8 Å². The van der Waals surface area contributed by atoms with Crippen LogP contribution >= 0.6 is 0 Å². The fourth-order valence-corrected chi connectivity index (χ4v) is 12.4. The number of amidine groups is 2. The largest absolute Gasteiger partial charge is 0.475 e. The smallest absolute Gasteiger partial charge is 0.349 e. The number of amides is 7. The maximum Gasteiger partial charge on any atom is 0.349 e. The first-order valence-electron chi connectivity index (χ1n) is 45.9. The van der Waals surface area contributed by atoms with E-state index >= 15 is 0 Å². The Balaban J connectivity index is 0.000000337. The topological polar surface area (TPSA) is 459 Å². The molecule has 0 spiro atoms. The Kier molecular flexibility index (Phi) is 41.3. The van der Waals surface area contributed by atoms with Crippen molar-refractivity contribution in [1.82, 2.24) is 104 Å². The van der Waals surface area contributed by atoms with Crippen LogP contribution in [0.4, 0.5) is 23.4 Å². The van der Waals surface area contributed by atoms with Crippen molar-refractivity contribution >= 4 is 110 Å². The van der Waals surface area contributed by atoms with Crippen molar-refractivity contribution in [2.24, 2.45) is 33.7 Å². The number of carbonyl (C=O) groups excluding carboxylic acids is 7. The maximum atomic E-state index is 12.3. The third kappa shape index (κ3) is 35.5. The molecule has 0 bridgehead atoms. The predicted octanol–water partition coefficient (Wildman–Crippen LogP) is 16.7. The van der Waals surface area contributed by atoms with E-state index in [1.54, 1.807) is 116 Å². The highest BCUT2D eigenvalue weighted by Crippen LogP contribution is 2.31. The van der Waals surface area contributed by atoms with E-state index in [-0.39, 0.29) is 158 Å². The van der Waals surface area contributed by atoms with Crippen LogP contribution in [-0.2, 0) is 50.9 Å². The summed E-state index contributed by atoms with van der Waals surface area (Å²) in [5, 5.41) is 30.6. The average Bonchev–Trinajstić information content (AvgIpc) is 1.63. The summed E-state index contributed by atoms with van der Waals surface area (Å²) >= 11 is 0. The van der Waals surface area contributed by atoms with Gasteiger partial charge in [0, 0.05) is 130 Å². The Bertz CT molecular complexity index is 6120. The van der Waals surface area contributed by atoms with E-state index < -0.39 is 0 Å². The Morgan fingerprint density at radius 3 is 1.46 bits per heavy atom. The molecule has 38 nitrogen and oxygen atoms in total. The number of nitriles is 1. The molecule has 760 valence electrons. The molecule has 0 unspecified atom stereocenters. The van der Waals surface area contributed by atoms with Gasteiger partial charge in [0.25, 0.3) is 23.3 Å². The molecule has 9 N–H and O–H groups in total. The molecule has 0 saturated carbocycles. The van der Waals surface area contributed by atoms with Crippen LogP contribution in [0.2, 0.25) is 0 Å². The van der Waals surface area contributed by atoms with Crippen LogP contribution in [0.15, 0.2) is 192 Å². The zero-order valence-corrected chi connectivity index (χ0v) is 87.8. The molecule has 7 aromatic heterocycles. The number of aromatic nitrogens is 13. The summed E-state index contributed by atoms with van der Waals surface area (Å²) in [6.45, 7) is 83.8. The molecule has 0 atom stereocenters. The first kappa shape index (κ1) is 118. The van der Waals surface area contributed by atoms with Crippen molar-refractivity contribution in [1.29, 1.82) is 5.26 Å². The van der Waals surface area contributed by atoms with Gasteiger partial charge in [0.05, 0.1) is 37.2 Å². The minimum absolute atomic E-state index is 0. The van der Waals surface area contributed by atoms with Crippen molar-refractivity contribution in [2.75, 3.05) is 34.4 Å². The number of anilines is 4. The lowest BCUT2D eigenvalue weighted by Crippen LogP contribution is -2.46. The number of imidazole rings is 3. The van der Waals surface area contributed by atoms with Gasteiger partial charge < -0.3 is 69.9 Å². The average molecular weight is 1930 g/mol. The molecule has 1 aromatic carbocycles. The molecule has 11 heterocycles. The van der Waals surface area contributed by atoms with Gasteiger partial charge in [-0.1, -0.05) is 107 Å². The zero-order chi connectivity index (χ0) is 105. The number of nitrogens with zero attached hydrogens (tertiary/aromatic N) is 19. The summed E-state index contributed by atoms with van der Waals surface area (Å²) in [7, 11) is 0. The van der Waals surface area contributed by atoms with Crippen molar-refractivity contribution in [3.63, 3.8) is 0 Å². The van der Waals surface area contributed by atoms with Gasteiger partial charge >= 0.3 is 5.69 Å². The standard InChI is InChI=1S/C17H18N4O.C16H22N6O2.C13H19N5O2.C13H23N3.C12H19N3O2.C11H17N3O.C10H16N2O.C9H14N2O.CH4/c1-17(2,3)21-11-19-14-13(9-10-18-15(14)21)20-16(22)12-7-5-4-6-8-12;1-10(2)13(23)20-15-19-12-11(14(21-15)24-8-6-7-17)18-9-22(12)16(3,4)5;1-7(2)10(19)16-12-15-9-8(11(20)17-12)14-6-18(9)13(3,4)5;1-10(2)9-14-12-7-8-16(11(3)15-12)13(4,5)6;1-8(2)10(16)13-9-6-7-15(11(17)14-9)12(3,4)5;1-8-12-10(13-9(2)15)6-7-14(8)11(3,4)5;1-7-6-12(10(3,4)5)8(2)11-9(7)13;1-7-10-8(12)5-6-11(7)9(2,3)4;/h4-11H,1-3H3,(H,18,20,22);9-10H,6,8H2,1-5H3,(H,19,20,21,23);6-7H,1-5H3,(H2,15,16,17,19,20);7-8,10H,3,9H2,1-2,4-6H3,(H,14,15);6-8H,1-5H3,(H,13,14,16,17);6-7H,1H2,2-5H3,(H,12,13,15);6H,2H2,1,3-5H3,(H,11,13);5-6H,1H2,2-4H3,(H,10,12);1H4. The van der Waals surface area contributed by atoms with Gasteiger partial charge in [-0.25, -0.2) is 29.7 Å². The fraction of sp³-hybridized carbons (Fsp3) is 0.490. The lowest BCUT2D eigenvalue weighted by Gasteiger charge is -2.38. The number of fused-ring (bicyclic) bond motifs is 3. The van der Waals surface area contributed by atoms with E-state index in [1.165, 1.54) is 17.6 Å². The molecule has 8 aromatic rings. The van der Waals surface area contributed by atoms with Crippen molar-refractivity contribution in [3.8, 4) is 11.9 Å². The Labute approximate surface area is 825 Å². The number of aliphatic imine (C=N–C) groups is 2. The molecule has 140 heavy (non-hydrogen) atoms. The molecular formula is C102H152N28O10. The van der Waals surface area contributed by atoms with Gasteiger partial charge in [0.15, 0.2) is 28.0 Å². The second-order valence-electron chi connectivity index (χ2n) is 42.2. The quantitative estimate of drug-likeness (QED) is 0.0484. The van der Waals surface area contributed by atoms with Gasteiger partial charge in [-0.05, 0) is 215 Å². The Hall–Kier alpha value is -14.5. The molecule has 0 aliphatic carbocycles. The van der Waals surface area contributed by atoms with Gasteiger partial charge in [-0.3, -0.25) is 63.5 Å². The van der Waals surface area contributed by atoms with Crippen LogP contribution in [0.5, 0.6) is 5.88 Å². The minimum atomic E-state index is -0.364. The molecule has 4 aliphatic rings. The number of aromatic amines is 1. The summed E-state index contributed by atoms with van der Waals surface area (Å²) in [4.78, 5) is 157. The second kappa shape index (κ2) is 49.2. The van der Waals surface area contributed by atoms with Gasteiger partial charge in [-0.2, -0.15) is 25.2 Å². The molecule has 0 radical (unpaired) electrons.